The van der Waals surface area contributed by atoms with Crippen molar-refractivity contribution < 1.29 is 9.84 Å². The maximum Gasteiger partial charge on any atom is 0.171 e. The highest BCUT2D eigenvalue weighted by molar-refractivity contribution is 7.78. The molecule has 0 aromatic heterocycles. The summed E-state index contributed by atoms with van der Waals surface area (Å²) < 4.78 is 8.01. The van der Waals surface area contributed by atoms with Crippen molar-refractivity contribution in [2.75, 3.05) is 0 Å². The lowest BCUT2D eigenvalue weighted by molar-refractivity contribution is -0.142. The SMILES string of the molecule is CC(C)CC(NS)C(O)OC(C)C. The Morgan fingerprint density at radius 1 is 1.31 bits per heavy atom. The summed E-state index contributed by atoms with van der Waals surface area (Å²) in [7, 11) is 0. The van der Waals surface area contributed by atoms with Crippen molar-refractivity contribution in [1.82, 2.24) is 4.72 Å². The van der Waals surface area contributed by atoms with E-state index >= 15 is 0 Å². The van der Waals surface area contributed by atoms with Gasteiger partial charge in [0.1, 0.15) is 0 Å². The van der Waals surface area contributed by atoms with Gasteiger partial charge in [0.25, 0.3) is 0 Å². The summed E-state index contributed by atoms with van der Waals surface area (Å²) >= 11 is 3.96. The van der Waals surface area contributed by atoms with Crippen molar-refractivity contribution in [3.8, 4) is 0 Å². The van der Waals surface area contributed by atoms with E-state index in [0.29, 0.717) is 5.92 Å². The van der Waals surface area contributed by atoms with Crippen LogP contribution in [0.2, 0.25) is 0 Å². The molecule has 4 heteroatoms. The molecule has 3 nitrogen and oxygen atoms in total. The monoisotopic (exact) mass is 207 g/mol. The van der Waals surface area contributed by atoms with E-state index in [1.54, 1.807) is 0 Å². The average Bonchev–Trinajstić information content (AvgIpc) is 1.98. The number of aliphatic hydroxyl groups excluding tert-OH is 1. The summed E-state index contributed by atoms with van der Waals surface area (Å²) in [6.45, 7) is 7.99. The van der Waals surface area contributed by atoms with Crippen molar-refractivity contribution in [3.63, 3.8) is 0 Å². The molecule has 2 atom stereocenters. The van der Waals surface area contributed by atoms with Crippen LogP contribution in [0.1, 0.15) is 34.1 Å². The molecule has 2 unspecified atom stereocenters. The van der Waals surface area contributed by atoms with E-state index in [2.05, 4.69) is 31.4 Å². The topological polar surface area (TPSA) is 41.5 Å². The second-order valence-electron chi connectivity index (χ2n) is 3.94. The Hall–Kier alpha value is 0.230. The third-order valence-corrected chi connectivity index (χ3v) is 1.98. The largest absolute Gasteiger partial charge is 0.367 e. The van der Waals surface area contributed by atoms with Crippen LogP contribution in [-0.2, 0) is 4.74 Å². The van der Waals surface area contributed by atoms with Gasteiger partial charge in [-0.3, -0.25) is 4.72 Å². The minimum absolute atomic E-state index is 0.0337. The van der Waals surface area contributed by atoms with Crippen LogP contribution < -0.4 is 4.72 Å². The average molecular weight is 207 g/mol. The first kappa shape index (κ1) is 13.2. The third kappa shape index (κ3) is 6.32. The molecule has 0 aromatic carbocycles. The van der Waals surface area contributed by atoms with Gasteiger partial charge < -0.3 is 9.84 Å². The molecule has 0 aliphatic rings. The Balaban J connectivity index is 3.91. The lowest BCUT2D eigenvalue weighted by Crippen LogP contribution is -2.39. The summed E-state index contributed by atoms with van der Waals surface area (Å²) in [6.07, 6.45) is 0.100. The number of rotatable bonds is 6. The number of hydrogen-bond acceptors (Lipinski definition) is 4. The zero-order chi connectivity index (χ0) is 10.4. The molecule has 0 aromatic rings. The standard InChI is InChI=1S/C9H21NO2S/c1-6(2)5-8(10-13)9(11)12-7(3)4/h6-11,13H,5H2,1-4H3. The number of aliphatic hydroxyl groups is 1. The van der Waals surface area contributed by atoms with Gasteiger partial charge in [0.15, 0.2) is 6.29 Å². The molecule has 0 fully saturated rings. The molecule has 0 radical (unpaired) electrons. The number of ether oxygens (including phenoxy) is 1. The lowest BCUT2D eigenvalue weighted by atomic mass is 10.0. The van der Waals surface area contributed by atoms with E-state index < -0.39 is 6.29 Å². The minimum Gasteiger partial charge on any atom is -0.367 e. The number of nitrogens with one attached hydrogen (secondary N) is 1. The number of thiol groups is 1. The summed E-state index contributed by atoms with van der Waals surface area (Å²) in [6, 6.07) is -0.106. The fourth-order valence-electron chi connectivity index (χ4n) is 1.11. The van der Waals surface area contributed by atoms with Crippen molar-refractivity contribution in [2.45, 2.75) is 52.6 Å². The second-order valence-corrected chi connectivity index (χ2v) is 4.20. The predicted octanol–water partition coefficient (Wildman–Crippen LogP) is 1.58. The Morgan fingerprint density at radius 2 is 1.85 bits per heavy atom. The van der Waals surface area contributed by atoms with Gasteiger partial charge in [-0.05, 0) is 26.2 Å². The zero-order valence-electron chi connectivity index (χ0n) is 8.82. The first-order chi connectivity index (χ1) is 5.97. The van der Waals surface area contributed by atoms with Gasteiger partial charge in [0, 0.05) is 0 Å². The first-order valence-electron chi connectivity index (χ1n) is 4.70. The molecule has 2 N–H and O–H groups in total. The zero-order valence-corrected chi connectivity index (χ0v) is 9.71. The first-order valence-corrected chi connectivity index (χ1v) is 5.15. The van der Waals surface area contributed by atoms with Crippen LogP contribution in [-0.4, -0.2) is 23.5 Å². The maximum atomic E-state index is 9.59. The smallest absolute Gasteiger partial charge is 0.171 e. The molecule has 0 aliphatic carbocycles. The van der Waals surface area contributed by atoms with Crippen LogP contribution in [0.25, 0.3) is 0 Å². The minimum atomic E-state index is -0.778. The molecule has 0 aliphatic heterocycles. The van der Waals surface area contributed by atoms with Crippen molar-refractivity contribution in [3.05, 3.63) is 0 Å². The quantitative estimate of drug-likeness (QED) is 0.457. The normalized spacial score (nSPS) is 16.6. The summed E-state index contributed by atoms with van der Waals surface area (Å²) in [4.78, 5) is 0. The van der Waals surface area contributed by atoms with Crippen LogP contribution in [0.3, 0.4) is 0 Å². The highest BCUT2D eigenvalue weighted by atomic mass is 32.1. The molecule has 0 heterocycles. The Morgan fingerprint density at radius 3 is 2.15 bits per heavy atom. The van der Waals surface area contributed by atoms with E-state index in [9.17, 15) is 5.11 Å². The van der Waals surface area contributed by atoms with Gasteiger partial charge in [-0.15, -0.1) is 0 Å². The van der Waals surface area contributed by atoms with E-state index in [4.69, 9.17) is 4.74 Å². The van der Waals surface area contributed by atoms with Gasteiger partial charge in [0.2, 0.25) is 0 Å². The lowest BCUT2D eigenvalue weighted by Gasteiger charge is -2.25. The molecule has 80 valence electrons. The van der Waals surface area contributed by atoms with Crippen LogP contribution >= 0.6 is 12.8 Å². The molecule has 0 saturated carbocycles. The van der Waals surface area contributed by atoms with Crippen molar-refractivity contribution >= 4 is 12.8 Å². The molecule has 0 amide bonds. The predicted molar refractivity (Wildman–Crippen MR) is 57.6 cm³/mol. The van der Waals surface area contributed by atoms with E-state index in [0.717, 1.165) is 6.42 Å². The summed E-state index contributed by atoms with van der Waals surface area (Å²) in [5.41, 5.74) is 0. The van der Waals surface area contributed by atoms with E-state index in [1.165, 1.54) is 0 Å². The number of hydrogen-bond donors (Lipinski definition) is 3. The summed E-state index contributed by atoms with van der Waals surface area (Å²) in [5.74, 6) is 0.509. The molecule has 0 rings (SSSR count). The van der Waals surface area contributed by atoms with E-state index in [-0.39, 0.29) is 12.1 Å². The Labute approximate surface area is 86.4 Å². The fraction of sp³-hybridized carbons (Fsp3) is 1.00. The van der Waals surface area contributed by atoms with Crippen LogP contribution in [0, 0.1) is 5.92 Å². The van der Waals surface area contributed by atoms with Crippen LogP contribution in [0.5, 0.6) is 0 Å². The molecular formula is C9H21NO2S. The van der Waals surface area contributed by atoms with Gasteiger partial charge >= 0.3 is 0 Å². The van der Waals surface area contributed by atoms with E-state index in [1.807, 2.05) is 13.8 Å². The van der Waals surface area contributed by atoms with Crippen LogP contribution in [0.15, 0.2) is 0 Å². The van der Waals surface area contributed by atoms with Crippen LogP contribution in [0.4, 0.5) is 0 Å². The molecular weight excluding hydrogens is 186 g/mol. The molecule has 13 heavy (non-hydrogen) atoms. The second kappa shape index (κ2) is 6.65. The molecule has 0 bridgehead atoms. The Bertz CT molecular complexity index is 131. The van der Waals surface area contributed by atoms with Gasteiger partial charge in [-0.1, -0.05) is 26.7 Å². The Kier molecular flexibility index (Phi) is 6.77. The molecule has 0 saturated heterocycles. The van der Waals surface area contributed by atoms with Gasteiger partial charge in [-0.25, -0.2) is 0 Å². The summed E-state index contributed by atoms with van der Waals surface area (Å²) in [5, 5.41) is 9.59. The fourth-order valence-corrected chi connectivity index (χ4v) is 1.35. The highest BCUT2D eigenvalue weighted by Crippen LogP contribution is 2.11. The highest BCUT2D eigenvalue weighted by Gasteiger charge is 2.20. The molecule has 0 spiro atoms. The van der Waals surface area contributed by atoms with Crippen molar-refractivity contribution in [1.29, 1.82) is 0 Å². The van der Waals surface area contributed by atoms with Crippen molar-refractivity contribution in [2.24, 2.45) is 5.92 Å². The van der Waals surface area contributed by atoms with Gasteiger partial charge in [-0.2, -0.15) is 0 Å². The maximum absolute atomic E-state index is 9.59. The van der Waals surface area contributed by atoms with Gasteiger partial charge in [0.05, 0.1) is 12.1 Å². The third-order valence-electron chi connectivity index (χ3n) is 1.65.